The molecule has 0 unspecified atom stereocenters. The van der Waals surface area contributed by atoms with Crippen molar-refractivity contribution >= 4 is 11.6 Å². The minimum atomic E-state index is 0.375. The lowest BCUT2D eigenvalue weighted by Gasteiger charge is -2.02. The minimum absolute atomic E-state index is 0.375. The molecule has 0 amide bonds. The summed E-state index contributed by atoms with van der Waals surface area (Å²) < 4.78 is 0. The van der Waals surface area contributed by atoms with Crippen LogP contribution in [0.15, 0.2) is 30.6 Å². The van der Waals surface area contributed by atoms with Crippen LogP contribution in [-0.2, 0) is 6.54 Å². The van der Waals surface area contributed by atoms with Crippen molar-refractivity contribution in [2.45, 2.75) is 6.54 Å². The topological polar surface area (TPSA) is 64.7 Å². The largest absolute Gasteiger partial charge is 0.325 e. The van der Waals surface area contributed by atoms with Crippen molar-refractivity contribution in [2.75, 3.05) is 0 Å². The first-order valence-electron chi connectivity index (χ1n) is 4.44. The van der Waals surface area contributed by atoms with Gasteiger partial charge in [-0.15, -0.1) is 0 Å². The molecule has 5 heteroatoms. The van der Waals surface area contributed by atoms with E-state index < -0.39 is 0 Å². The van der Waals surface area contributed by atoms with E-state index >= 15 is 0 Å². The molecular weight excluding hydrogens is 212 g/mol. The molecule has 4 nitrogen and oxygen atoms in total. The van der Waals surface area contributed by atoms with E-state index in [1.54, 1.807) is 30.6 Å². The summed E-state index contributed by atoms with van der Waals surface area (Å²) in [7, 11) is 0. The second kappa shape index (κ2) is 4.33. The van der Waals surface area contributed by atoms with Crippen LogP contribution in [0.4, 0.5) is 0 Å². The number of pyridine rings is 1. The van der Waals surface area contributed by atoms with Crippen molar-refractivity contribution in [1.29, 1.82) is 0 Å². The van der Waals surface area contributed by atoms with E-state index in [2.05, 4.69) is 15.0 Å². The van der Waals surface area contributed by atoms with Crippen LogP contribution in [0.25, 0.3) is 11.5 Å². The molecule has 2 rings (SSSR count). The van der Waals surface area contributed by atoms with Crippen LogP contribution in [0.3, 0.4) is 0 Å². The first-order chi connectivity index (χ1) is 7.31. The molecule has 0 aliphatic rings. The first-order valence-corrected chi connectivity index (χ1v) is 4.82. The number of rotatable bonds is 2. The van der Waals surface area contributed by atoms with E-state index in [4.69, 9.17) is 17.3 Å². The lowest BCUT2D eigenvalue weighted by Crippen LogP contribution is -2.02. The Hall–Kier alpha value is -1.52. The molecule has 0 saturated heterocycles. The predicted octanol–water partition coefficient (Wildman–Crippen LogP) is 1.65. The van der Waals surface area contributed by atoms with Gasteiger partial charge in [0.25, 0.3) is 0 Å². The third kappa shape index (κ3) is 2.11. The zero-order valence-corrected chi connectivity index (χ0v) is 8.65. The molecule has 0 aliphatic carbocycles. The van der Waals surface area contributed by atoms with Gasteiger partial charge in [0, 0.05) is 18.9 Å². The Morgan fingerprint density at radius 1 is 1.20 bits per heavy atom. The molecule has 2 aromatic rings. The summed E-state index contributed by atoms with van der Waals surface area (Å²) >= 11 is 5.98. The van der Waals surface area contributed by atoms with E-state index in [1.807, 2.05) is 0 Å². The van der Waals surface area contributed by atoms with Crippen LogP contribution in [0, 0.1) is 0 Å². The van der Waals surface area contributed by atoms with Crippen LogP contribution >= 0.6 is 11.6 Å². The zero-order valence-electron chi connectivity index (χ0n) is 7.89. The fourth-order valence-corrected chi connectivity index (χ4v) is 1.38. The normalized spacial score (nSPS) is 10.3. The Balaban J connectivity index is 2.49. The Morgan fingerprint density at radius 3 is 2.80 bits per heavy atom. The van der Waals surface area contributed by atoms with Gasteiger partial charge in [-0.3, -0.25) is 4.98 Å². The molecular formula is C10H9ClN4. The summed E-state index contributed by atoms with van der Waals surface area (Å²) in [5, 5.41) is 0.534. The van der Waals surface area contributed by atoms with E-state index in [0.717, 1.165) is 5.69 Å². The van der Waals surface area contributed by atoms with Gasteiger partial charge in [-0.2, -0.15) is 0 Å². The molecule has 15 heavy (non-hydrogen) atoms. The highest BCUT2D eigenvalue weighted by molar-refractivity contribution is 6.32. The number of nitrogens with two attached hydrogens (primary N) is 1. The molecule has 0 atom stereocenters. The molecule has 2 aromatic heterocycles. The van der Waals surface area contributed by atoms with Gasteiger partial charge >= 0.3 is 0 Å². The summed E-state index contributed by atoms with van der Waals surface area (Å²) in [5.41, 5.74) is 6.83. The number of aromatic nitrogens is 3. The smallest absolute Gasteiger partial charge is 0.179 e. The Labute approximate surface area is 92.2 Å². The third-order valence-corrected chi connectivity index (χ3v) is 2.20. The SMILES string of the molecule is NCc1ccnc(-c2ncccc2Cl)n1. The van der Waals surface area contributed by atoms with Gasteiger partial charge < -0.3 is 5.73 Å². The molecule has 0 spiro atoms. The summed E-state index contributed by atoms with van der Waals surface area (Å²) in [4.78, 5) is 12.5. The summed E-state index contributed by atoms with van der Waals surface area (Å²) in [6.07, 6.45) is 3.30. The maximum absolute atomic E-state index is 5.98. The first kappa shape index (κ1) is 10.0. The molecule has 2 N–H and O–H groups in total. The average Bonchev–Trinajstić information content (AvgIpc) is 2.30. The van der Waals surface area contributed by atoms with Crippen molar-refractivity contribution in [1.82, 2.24) is 15.0 Å². The van der Waals surface area contributed by atoms with Gasteiger partial charge in [-0.05, 0) is 18.2 Å². The average molecular weight is 221 g/mol. The molecule has 0 aliphatic heterocycles. The summed E-state index contributed by atoms with van der Waals surface area (Å²) in [6, 6.07) is 5.28. The quantitative estimate of drug-likeness (QED) is 0.836. The monoisotopic (exact) mass is 220 g/mol. The van der Waals surface area contributed by atoms with Gasteiger partial charge in [-0.1, -0.05) is 11.6 Å². The highest BCUT2D eigenvalue weighted by atomic mass is 35.5. The van der Waals surface area contributed by atoms with Crippen LogP contribution in [0.5, 0.6) is 0 Å². The minimum Gasteiger partial charge on any atom is -0.325 e. The van der Waals surface area contributed by atoms with Crippen molar-refractivity contribution in [3.8, 4) is 11.5 Å². The molecule has 0 fully saturated rings. The fourth-order valence-electron chi connectivity index (χ4n) is 1.17. The Bertz CT molecular complexity index is 472. The maximum atomic E-state index is 5.98. The van der Waals surface area contributed by atoms with Gasteiger partial charge in [0.05, 0.1) is 10.7 Å². The molecule has 0 aromatic carbocycles. The predicted molar refractivity (Wildman–Crippen MR) is 58.2 cm³/mol. The highest BCUT2D eigenvalue weighted by Crippen LogP contribution is 2.21. The number of halogens is 1. The number of hydrogen-bond acceptors (Lipinski definition) is 4. The van der Waals surface area contributed by atoms with Crippen molar-refractivity contribution in [3.63, 3.8) is 0 Å². The summed E-state index contributed by atoms with van der Waals surface area (Å²) in [6.45, 7) is 0.375. The lowest BCUT2D eigenvalue weighted by atomic mass is 10.3. The van der Waals surface area contributed by atoms with Gasteiger partial charge in [0.2, 0.25) is 0 Å². The van der Waals surface area contributed by atoms with Crippen LogP contribution in [0.2, 0.25) is 5.02 Å². The van der Waals surface area contributed by atoms with Crippen LogP contribution < -0.4 is 5.73 Å². The molecule has 0 saturated carbocycles. The standard InChI is InChI=1S/C10H9ClN4/c11-8-2-1-4-13-9(8)10-14-5-3-7(6-12)15-10/h1-5H,6,12H2. The van der Waals surface area contributed by atoms with E-state index in [-0.39, 0.29) is 0 Å². The Kier molecular flexibility index (Phi) is 2.89. The number of nitrogens with zero attached hydrogens (tertiary/aromatic N) is 3. The van der Waals surface area contributed by atoms with Gasteiger partial charge in [-0.25, -0.2) is 9.97 Å². The maximum Gasteiger partial charge on any atom is 0.179 e. The summed E-state index contributed by atoms with van der Waals surface area (Å²) in [5.74, 6) is 0.503. The van der Waals surface area contributed by atoms with Crippen LogP contribution in [0.1, 0.15) is 5.69 Å². The molecule has 2 heterocycles. The van der Waals surface area contributed by atoms with E-state index in [1.165, 1.54) is 0 Å². The van der Waals surface area contributed by atoms with Crippen molar-refractivity contribution in [3.05, 3.63) is 41.3 Å². The van der Waals surface area contributed by atoms with Gasteiger partial charge in [0.15, 0.2) is 5.82 Å². The third-order valence-electron chi connectivity index (χ3n) is 1.89. The van der Waals surface area contributed by atoms with E-state index in [9.17, 15) is 0 Å². The van der Waals surface area contributed by atoms with Crippen LogP contribution in [-0.4, -0.2) is 15.0 Å². The second-order valence-corrected chi connectivity index (χ2v) is 3.32. The zero-order chi connectivity index (χ0) is 10.7. The fraction of sp³-hybridized carbons (Fsp3) is 0.100. The highest BCUT2D eigenvalue weighted by Gasteiger charge is 2.07. The van der Waals surface area contributed by atoms with Crippen molar-refractivity contribution in [2.24, 2.45) is 5.73 Å². The lowest BCUT2D eigenvalue weighted by molar-refractivity contribution is 0.965. The second-order valence-electron chi connectivity index (χ2n) is 2.91. The molecule has 0 radical (unpaired) electrons. The molecule has 76 valence electrons. The number of hydrogen-bond donors (Lipinski definition) is 1. The van der Waals surface area contributed by atoms with E-state index in [0.29, 0.717) is 23.1 Å². The Morgan fingerprint density at radius 2 is 2.07 bits per heavy atom. The molecule has 0 bridgehead atoms. The van der Waals surface area contributed by atoms with Gasteiger partial charge in [0.1, 0.15) is 5.69 Å². The van der Waals surface area contributed by atoms with Crippen molar-refractivity contribution < 1.29 is 0 Å².